The van der Waals surface area contributed by atoms with Crippen molar-refractivity contribution in [3.05, 3.63) is 35.9 Å². The fourth-order valence-corrected chi connectivity index (χ4v) is 2.06. The first kappa shape index (κ1) is 21.3. The Labute approximate surface area is 155 Å². The monoisotopic (exact) mass is 362 g/mol. The van der Waals surface area contributed by atoms with Crippen LogP contribution in [0.1, 0.15) is 19.4 Å². The van der Waals surface area contributed by atoms with Crippen molar-refractivity contribution in [2.75, 3.05) is 44.8 Å². The van der Waals surface area contributed by atoms with Gasteiger partial charge in [-0.05, 0) is 27.0 Å². The number of nitrogens with two attached hydrogens (primary N) is 1. The molecule has 1 aliphatic heterocycles. The zero-order valence-corrected chi connectivity index (χ0v) is 16.5. The summed E-state index contributed by atoms with van der Waals surface area (Å²) in [5, 5.41) is 7.07. The Morgan fingerprint density at radius 2 is 1.85 bits per heavy atom. The zero-order valence-electron chi connectivity index (χ0n) is 16.5. The number of para-hydroxylation sites is 1. The van der Waals surface area contributed by atoms with Crippen molar-refractivity contribution < 1.29 is 9.47 Å². The average molecular weight is 362 g/mol. The molecule has 0 spiro atoms. The molecule has 8 nitrogen and oxygen atoms in total. The highest BCUT2D eigenvalue weighted by Crippen LogP contribution is 2.36. The molecule has 0 radical (unpaired) electrons. The maximum absolute atomic E-state index is 5.51. The van der Waals surface area contributed by atoms with E-state index in [2.05, 4.69) is 20.9 Å². The maximum Gasteiger partial charge on any atom is 0.245 e. The first-order chi connectivity index (χ1) is 12.6. The smallest absolute Gasteiger partial charge is 0.245 e. The van der Waals surface area contributed by atoms with E-state index in [1.54, 1.807) is 0 Å². The molecule has 0 bridgehead atoms. The van der Waals surface area contributed by atoms with Crippen LogP contribution in [0.2, 0.25) is 0 Å². The number of hydrogen-bond donors (Lipinski definition) is 2. The predicted molar refractivity (Wildman–Crippen MR) is 106 cm³/mol. The number of ether oxygens (including phenoxy) is 2. The van der Waals surface area contributed by atoms with Gasteiger partial charge in [-0.2, -0.15) is 4.98 Å². The standard InChI is InChI=1S/C13H17N5O2.C4H8.CH5N/c1-17(2)12-14-13(16-15-12)18(3)7-9-5-4-6-10-11(9)20-8-19-10;1-3-4-2;1-2/h4-6H,7-8H2,1-3H3,(H,14,15,16);3-4H,1-2H3;2H2,1H3/b;4-3-;. The summed E-state index contributed by atoms with van der Waals surface area (Å²) in [7, 11) is 7.26. The third-order valence-corrected chi connectivity index (χ3v) is 3.44. The van der Waals surface area contributed by atoms with Crippen LogP contribution >= 0.6 is 0 Å². The number of benzene rings is 1. The van der Waals surface area contributed by atoms with E-state index in [0.29, 0.717) is 18.4 Å². The molecule has 26 heavy (non-hydrogen) atoms. The highest BCUT2D eigenvalue weighted by Gasteiger charge is 2.19. The first-order valence-electron chi connectivity index (χ1n) is 8.40. The highest BCUT2D eigenvalue weighted by atomic mass is 16.7. The van der Waals surface area contributed by atoms with Crippen LogP contribution in [0.4, 0.5) is 11.9 Å². The molecular weight excluding hydrogens is 332 g/mol. The largest absolute Gasteiger partial charge is 0.454 e. The van der Waals surface area contributed by atoms with Crippen LogP contribution in [0.5, 0.6) is 11.5 Å². The van der Waals surface area contributed by atoms with Gasteiger partial charge >= 0.3 is 0 Å². The van der Waals surface area contributed by atoms with E-state index in [-0.39, 0.29) is 6.79 Å². The van der Waals surface area contributed by atoms with Crippen molar-refractivity contribution in [1.82, 2.24) is 15.2 Å². The van der Waals surface area contributed by atoms with Crippen LogP contribution in [0.25, 0.3) is 0 Å². The SMILES string of the molecule is C/C=C\C.CN.CN(C)c1n[nH]c(N(C)Cc2cccc3c2OCO3)n1. The van der Waals surface area contributed by atoms with Gasteiger partial charge in [0.05, 0.1) is 0 Å². The summed E-state index contributed by atoms with van der Waals surface area (Å²) >= 11 is 0. The Bertz CT molecular complexity index is 680. The van der Waals surface area contributed by atoms with Gasteiger partial charge in [0.25, 0.3) is 0 Å². The Morgan fingerprint density at radius 1 is 1.15 bits per heavy atom. The number of aromatic amines is 1. The van der Waals surface area contributed by atoms with E-state index in [0.717, 1.165) is 17.1 Å². The van der Waals surface area contributed by atoms with Gasteiger partial charge in [0, 0.05) is 33.3 Å². The third-order valence-electron chi connectivity index (χ3n) is 3.44. The number of nitrogens with one attached hydrogen (secondary N) is 1. The van der Waals surface area contributed by atoms with Crippen LogP contribution in [0.15, 0.2) is 30.4 Å². The number of fused-ring (bicyclic) bond motifs is 1. The molecular formula is C18H30N6O2. The van der Waals surface area contributed by atoms with Crippen molar-refractivity contribution in [2.24, 2.45) is 5.73 Å². The minimum Gasteiger partial charge on any atom is -0.454 e. The van der Waals surface area contributed by atoms with Crippen LogP contribution < -0.4 is 25.0 Å². The molecule has 3 rings (SSSR count). The maximum atomic E-state index is 5.51. The lowest BCUT2D eigenvalue weighted by molar-refractivity contribution is 0.173. The molecule has 0 fully saturated rings. The van der Waals surface area contributed by atoms with Crippen molar-refractivity contribution in [1.29, 1.82) is 0 Å². The predicted octanol–water partition coefficient (Wildman–Crippen LogP) is 2.39. The van der Waals surface area contributed by atoms with Crippen molar-refractivity contribution in [3.8, 4) is 11.5 Å². The Morgan fingerprint density at radius 3 is 2.42 bits per heavy atom. The fraction of sp³-hybridized carbons (Fsp3) is 0.444. The minimum atomic E-state index is 0.281. The molecule has 0 amide bonds. The lowest BCUT2D eigenvalue weighted by Gasteiger charge is -2.16. The molecule has 0 saturated heterocycles. The number of H-pyrrole nitrogens is 1. The Balaban J connectivity index is 0.000000500. The topological polar surface area (TPSA) is 92.5 Å². The number of nitrogens with zero attached hydrogens (tertiary/aromatic N) is 4. The number of rotatable bonds is 4. The van der Waals surface area contributed by atoms with Crippen LogP contribution in [-0.4, -0.2) is 50.2 Å². The number of hydrogen-bond acceptors (Lipinski definition) is 7. The summed E-state index contributed by atoms with van der Waals surface area (Å²) in [6.07, 6.45) is 4.00. The normalized spacial score (nSPS) is 11.3. The molecule has 0 aliphatic carbocycles. The highest BCUT2D eigenvalue weighted by molar-refractivity contribution is 5.50. The second kappa shape index (κ2) is 11.0. The van der Waals surface area contributed by atoms with Gasteiger partial charge in [-0.3, -0.25) is 0 Å². The quantitative estimate of drug-likeness (QED) is 0.807. The number of anilines is 2. The molecule has 1 aromatic carbocycles. The van der Waals surface area contributed by atoms with Crippen molar-refractivity contribution >= 4 is 11.9 Å². The first-order valence-corrected chi connectivity index (χ1v) is 8.40. The van der Waals surface area contributed by atoms with Crippen molar-refractivity contribution in [3.63, 3.8) is 0 Å². The third kappa shape index (κ3) is 5.66. The van der Waals surface area contributed by atoms with E-state index < -0.39 is 0 Å². The van der Waals surface area contributed by atoms with Crippen molar-refractivity contribution in [2.45, 2.75) is 20.4 Å². The van der Waals surface area contributed by atoms with Crippen LogP contribution in [0, 0.1) is 0 Å². The number of allylic oxidation sites excluding steroid dienone is 2. The van der Waals surface area contributed by atoms with Crippen LogP contribution in [0.3, 0.4) is 0 Å². The summed E-state index contributed by atoms with van der Waals surface area (Å²) < 4.78 is 10.9. The molecule has 2 heterocycles. The van der Waals surface area contributed by atoms with Gasteiger partial charge in [-0.25, -0.2) is 5.10 Å². The molecule has 1 aliphatic rings. The van der Waals surface area contributed by atoms with Gasteiger partial charge in [0.2, 0.25) is 18.7 Å². The molecule has 1 aromatic heterocycles. The Hall–Kier alpha value is -2.74. The molecule has 2 aromatic rings. The van der Waals surface area contributed by atoms with E-state index in [1.165, 1.54) is 7.05 Å². The second-order valence-electron chi connectivity index (χ2n) is 5.53. The Kier molecular flexibility index (Phi) is 9.00. The van der Waals surface area contributed by atoms with Gasteiger partial charge in [-0.1, -0.05) is 24.3 Å². The molecule has 0 saturated carbocycles. The molecule has 8 heteroatoms. The number of aromatic nitrogens is 3. The van der Waals surface area contributed by atoms with E-state index >= 15 is 0 Å². The summed E-state index contributed by atoms with van der Waals surface area (Å²) in [6, 6.07) is 5.89. The van der Waals surface area contributed by atoms with Gasteiger partial charge in [0.1, 0.15) is 0 Å². The lowest BCUT2D eigenvalue weighted by atomic mass is 10.2. The summed E-state index contributed by atoms with van der Waals surface area (Å²) in [4.78, 5) is 8.25. The summed E-state index contributed by atoms with van der Waals surface area (Å²) in [5.74, 6) is 2.98. The molecule has 0 atom stereocenters. The van der Waals surface area contributed by atoms with Gasteiger partial charge in [0.15, 0.2) is 11.5 Å². The summed E-state index contributed by atoms with van der Waals surface area (Å²) in [5.41, 5.74) is 5.56. The molecule has 3 N–H and O–H groups in total. The van der Waals surface area contributed by atoms with E-state index in [1.807, 2.05) is 75.1 Å². The fourth-order valence-electron chi connectivity index (χ4n) is 2.06. The minimum absolute atomic E-state index is 0.281. The molecule has 144 valence electrons. The summed E-state index contributed by atoms with van der Waals surface area (Å²) in [6.45, 7) is 4.94. The van der Waals surface area contributed by atoms with E-state index in [4.69, 9.17) is 9.47 Å². The zero-order chi connectivity index (χ0) is 19.5. The molecule has 0 unspecified atom stereocenters. The second-order valence-corrected chi connectivity index (χ2v) is 5.53. The lowest BCUT2D eigenvalue weighted by Crippen LogP contribution is -2.18. The van der Waals surface area contributed by atoms with Crippen LogP contribution in [-0.2, 0) is 6.54 Å². The van der Waals surface area contributed by atoms with Gasteiger partial charge < -0.3 is 25.0 Å². The van der Waals surface area contributed by atoms with Gasteiger partial charge in [-0.15, -0.1) is 5.10 Å². The average Bonchev–Trinajstić information content (AvgIpc) is 3.33. The van der Waals surface area contributed by atoms with E-state index in [9.17, 15) is 0 Å².